The van der Waals surface area contributed by atoms with E-state index in [1.165, 1.54) is 22.7 Å². The van der Waals surface area contributed by atoms with Crippen molar-refractivity contribution >= 4 is 75.9 Å². The molecule has 4 nitrogen and oxygen atoms in total. The van der Waals surface area contributed by atoms with Gasteiger partial charge in [0.1, 0.15) is 11.1 Å². The number of thiophene rings is 2. The van der Waals surface area contributed by atoms with Crippen molar-refractivity contribution in [2.75, 3.05) is 13.2 Å². The van der Waals surface area contributed by atoms with Crippen molar-refractivity contribution < 1.29 is 19.1 Å². The zero-order valence-electron chi connectivity index (χ0n) is 10.6. The lowest BCUT2D eigenvalue weighted by Gasteiger charge is -1.99. The Morgan fingerprint density at radius 2 is 1.25 bits per heavy atom. The molecule has 2 aromatic heterocycles. The quantitative estimate of drug-likeness (QED) is 0.637. The van der Waals surface area contributed by atoms with Gasteiger partial charge in [-0.05, 0) is 45.7 Å². The summed E-state index contributed by atoms with van der Waals surface area (Å²) in [5, 5.41) is 0. The second kappa shape index (κ2) is 6.55. The number of ether oxygens (including phenoxy) is 2. The first-order valence-electron chi connectivity index (χ1n) is 5.75. The molecule has 20 heavy (non-hydrogen) atoms. The zero-order chi connectivity index (χ0) is 14.9. The molecule has 0 aliphatic rings. The van der Waals surface area contributed by atoms with Crippen LogP contribution in [0.2, 0.25) is 0 Å². The van der Waals surface area contributed by atoms with Gasteiger partial charge < -0.3 is 9.47 Å². The smallest absolute Gasteiger partial charge is 0.341 e. The van der Waals surface area contributed by atoms with Crippen molar-refractivity contribution in [3.05, 3.63) is 18.7 Å². The Kier molecular flexibility index (Phi) is 5.22. The van der Waals surface area contributed by atoms with Gasteiger partial charge in [-0.3, -0.25) is 0 Å². The van der Waals surface area contributed by atoms with Gasteiger partial charge in [-0.2, -0.15) is 0 Å². The van der Waals surface area contributed by atoms with E-state index in [9.17, 15) is 9.59 Å². The maximum absolute atomic E-state index is 12.0. The van der Waals surface area contributed by atoms with E-state index in [4.69, 9.17) is 9.47 Å². The monoisotopic (exact) mass is 440 g/mol. The number of fused-ring (bicyclic) bond motifs is 1. The van der Waals surface area contributed by atoms with Crippen LogP contribution in [0.4, 0.5) is 0 Å². The molecular formula is C12H10Br2O4S2. The van der Waals surface area contributed by atoms with Crippen LogP contribution in [0.5, 0.6) is 0 Å². The summed E-state index contributed by atoms with van der Waals surface area (Å²) in [6, 6.07) is 0. The molecule has 0 radical (unpaired) electrons. The molecule has 0 saturated heterocycles. The van der Waals surface area contributed by atoms with E-state index in [-0.39, 0.29) is 0 Å². The average Bonchev–Trinajstić information content (AvgIpc) is 2.82. The van der Waals surface area contributed by atoms with Gasteiger partial charge in [0, 0.05) is 0 Å². The van der Waals surface area contributed by atoms with Crippen LogP contribution in [0.25, 0.3) is 9.40 Å². The fourth-order valence-electron chi connectivity index (χ4n) is 1.63. The van der Waals surface area contributed by atoms with Gasteiger partial charge in [0.25, 0.3) is 0 Å². The zero-order valence-corrected chi connectivity index (χ0v) is 15.4. The number of carbonyl (C=O) groups excluding carboxylic acids is 2. The van der Waals surface area contributed by atoms with Crippen LogP contribution >= 0.6 is 54.5 Å². The number of hydrogen-bond donors (Lipinski definition) is 0. The highest BCUT2D eigenvalue weighted by Crippen LogP contribution is 2.46. The molecule has 0 atom stereocenters. The molecule has 0 fully saturated rings. The summed E-state index contributed by atoms with van der Waals surface area (Å²) in [5.74, 6) is -0.787. The molecule has 0 aliphatic carbocycles. The Hall–Kier alpha value is -0.440. The predicted molar refractivity (Wildman–Crippen MR) is 87.0 cm³/mol. The summed E-state index contributed by atoms with van der Waals surface area (Å²) in [5.41, 5.74) is 0.932. The Morgan fingerprint density at radius 3 is 1.55 bits per heavy atom. The summed E-state index contributed by atoms with van der Waals surface area (Å²) in [6.07, 6.45) is 0. The first-order chi connectivity index (χ1) is 9.51. The molecule has 2 aromatic rings. The van der Waals surface area contributed by atoms with Crippen LogP contribution < -0.4 is 0 Å². The molecule has 108 valence electrons. The minimum absolute atomic E-state index is 0.305. The van der Waals surface area contributed by atoms with Gasteiger partial charge in [-0.25, -0.2) is 9.59 Å². The molecule has 0 saturated carbocycles. The Morgan fingerprint density at radius 1 is 0.900 bits per heavy atom. The van der Waals surface area contributed by atoms with E-state index >= 15 is 0 Å². The maximum atomic E-state index is 12.0. The van der Waals surface area contributed by atoms with Gasteiger partial charge >= 0.3 is 11.9 Å². The Balaban J connectivity index is 2.59. The normalized spacial score (nSPS) is 10.8. The van der Waals surface area contributed by atoms with E-state index in [0.29, 0.717) is 31.9 Å². The fraction of sp³-hybridized carbons (Fsp3) is 0.333. The van der Waals surface area contributed by atoms with E-state index in [2.05, 4.69) is 31.9 Å². The Bertz CT molecular complexity index is 617. The number of halogens is 2. The van der Waals surface area contributed by atoms with Gasteiger partial charge in [-0.1, -0.05) is 0 Å². The molecule has 0 N–H and O–H groups in total. The summed E-state index contributed by atoms with van der Waals surface area (Å²) in [7, 11) is 0. The minimum Gasteiger partial charge on any atom is -0.462 e. The van der Waals surface area contributed by atoms with Crippen molar-refractivity contribution in [3.8, 4) is 0 Å². The van der Waals surface area contributed by atoms with E-state index in [0.717, 1.165) is 9.40 Å². The molecule has 0 aromatic carbocycles. The highest BCUT2D eigenvalue weighted by Gasteiger charge is 2.27. The van der Waals surface area contributed by atoms with Crippen molar-refractivity contribution in [1.29, 1.82) is 0 Å². The van der Waals surface area contributed by atoms with E-state index in [1.54, 1.807) is 13.8 Å². The van der Waals surface area contributed by atoms with Gasteiger partial charge in [-0.15, -0.1) is 22.7 Å². The number of hydrogen-bond acceptors (Lipinski definition) is 6. The third kappa shape index (κ3) is 2.79. The van der Waals surface area contributed by atoms with Gasteiger partial charge in [0.05, 0.1) is 30.2 Å². The molecule has 2 heterocycles. The van der Waals surface area contributed by atoms with E-state index in [1.807, 2.05) is 0 Å². The standard InChI is InChI=1S/C12H10Br2O4S2/c1-3-17-11(15)5-7-8(20-9(5)13)6(10(14)19-7)12(16)18-4-2/h3-4H2,1-2H3. The second-order valence-electron chi connectivity index (χ2n) is 3.60. The third-order valence-electron chi connectivity index (χ3n) is 2.40. The number of rotatable bonds is 4. The minimum atomic E-state index is -0.394. The summed E-state index contributed by atoms with van der Waals surface area (Å²) in [6.45, 7) is 4.12. The third-order valence-corrected chi connectivity index (χ3v) is 6.28. The average molecular weight is 442 g/mol. The van der Waals surface area contributed by atoms with Crippen molar-refractivity contribution in [3.63, 3.8) is 0 Å². The largest absolute Gasteiger partial charge is 0.462 e. The molecule has 0 bridgehead atoms. The van der Waals surface area contributed by atoms with Crippen LogP contribution in [0, 0.1) is 0 Å². The van der Waals surface area contributed by atoms with Gasteiger partial charge in [0.2, 0.25) is 0 Å². The van der Waals surface area contributed by atoms with Gasteiger partial charge in [0.15, 0.2) is 0 Å². The molecule has 0 aliphatic heterocycles. The van der Waals surface area contributed by atoms with Crippen molar-refractivity contribution in [1.82, 2.24) is 0 Å². The van der Waals surface area contributed by atoms with E-state index < -0.39 is 11.9 Å². The molecule has 0 spiro atoms. The van der Waals surface area contributed by atoms with Crippen LogP contribution in [0.1, 0.15) is 34.6 Å². The highest BCUT2D eigenvalue weighted by molar-refractivity contribution is 9.11. The lowest BCUT2D eigenvalue weighted by atomic mass is 10.2. The molecule has 2 rings (SSSR count). The molecule has 0 amide bonds. The van der Waals surface area contributed by atoms with Crippen LogP contribution in [-0.4, -0.2) is 25.2 Å². The topological polar surface area (TPSA) is 52.6 Å². The number of esters is 2. The summed E-state index contributed by atoms with van der Waals surface area (Å²) < 4.78 is 12.9. The van der Waals surface area contributed by atoms with Crippen LogP contribution in [0.15, 0.2) is 7.57 Å². The highest BCUT2D eigenvalue weighted by atomic mass is 79.9. The molecule has 0 unspecified atom stereocenters. The fourth-order valence-corrected chi connectivity index (χ4v) is 5.86. The van der Waals surface area contributed by atoms with Crippen molar-refractivity contribution in [2.24, 2.45) is 0 Å². The SMILES string of the molecule is CCOC(=O)c1c(Br)sc2c(C(=O)OCC)c(Br)sc12. The maximum Gasteiger partial charge on any atom is 0.341 e. The second-order valence-corrected chi connectivity index (χ2v) is 8.28. The Labute approximate surface area is 140 Å². The van der Waals surface area contributed by atoms with Crippen LogP contribution in [-0.2, 0) is 9.47 Å². The first-order valence-corrected chi connectivity index (χ1v) is 8.97. The first kappa shape index (κ1) is 15.9. The van der Waals surface area contributed by atoms with Crippen LogP contribution in [0.3, 0.4) is 0 Å². The lowest BCUT2D eigenvalue weighted by molar-refractivity contribution is 0.0518. The molecular weight excluding hydrogens is 432 g/mol. The summed E-state index contributed by atoms with van der Waals surface area (Å²) >= 11 is 9.39. The molecule has 8 heteroatoms. The predicted octanol–water partition coefficient (Wildman–Crippen LogP) is 4.84. The number of carbonyl (C=O) groups is 2. The summed E-state index contributed by atoms with van der Waals surface area (Å²) in [4.78, 5) is 24.0. The lowest BCUT2D eigenvalue weighted by Crippen LogP contribution is -2.04. The van der Waals surface area contributed by atoms with Crippen molar-refractivity contribution in [2.45, 2.75) is 13.8 Å².